The van der Waals surface area contributed by atoms with Gasteiger partial charge in [0.15, 0.2) is 0 Å². The first-order valence-electron chi connectivity index (χ1n) is 9.74. The van der Waals surface area contributed by atoms with E-state index in [1.807, 2.05) is 6.92 Å². The van der Waals surface area contributed by atoms with Crippen molar-refractivity contribution in [3.8, 4) is 0 Å². The van der Waals surface area contributed by atoms with Gasteiger partial charge in [0.2, 0.25) is 5.95 Å². The highest BCUT2D eigenvalue weighted by Gasteiger charge is 2.25. The van der Waals surface area contributed by atoms with Crippen LogP contribution in [0.1, 0.15) is 36.2 Å². The monoisotopic (exact) mass is 453 g/mol. The number of hydrogen-bond donors (Lipinski definition) is 4. The van der Waals surface area contributed by atoms with Crippen LogP contribution in [0.15, 0.2) is 24.4 Å². The first-order chi connectivity index (χ1) is 14.4. The van der Waals surface area contributed by atoms with Crippen molar-refractivity contribution in [1.29, 1.82) is 0 Å². The molecule has 0 saturated carbocycles. The molecular formula is C20H25Cl2N5O3. The number of carbonyl (C=O) groups is 1. The molecule has 0 radical (unpaired) electrons. The molecule has 2 heterocycles. The minimum absolute atomic E-state index is 0.0318. The van der Waals surface area contributed by atoms with Gasteiger partial charge in [0.25, 0.3) is 0 Å². The Morgan fingerprint density at radius 3 is 2.80 bits per heavy atom. The fraction of sp³-hybridized carbons (Fsp3) is 0.450. The highest BCUT2D eigenvalue weighted by Crippen LogP contribution is 2.27. The number of aliphatic hydroxyl groups excluding tert-OH is 2. The molecule has 30 heavy (non-hydrogen) atoms. The molecule has 1 aromatic heterocycles. The standard InChI is InChI=1S/C20H25Cl2N5O3/c1-12(11-29)24-19-23-9-14-4-6-27(10-18(14)25-19)20(30)26-17(5-7-28)13-2-3-15(21)16(22)8-13/h2-3,8-9,12,17,28-29H,4-7,10-11H2,1H3,(H,26,30)(H,23,24,25). The van der Waals surface area contributed by atoms with Crippen LogP contribution < -0.4 is 10.6 Å². The lowest BCUT2D eigenvalue weighted by Crippen LogP contribution is -2.44. The summed E-state index contributed by atoms with van der Waals surface area (Å²) in [6, 6.07) is 4.34. The molecule has 0 fully saturated rings. The van der Waals surface area contributed by atoms with E-state index >= 15 is 0 Å². The molecule has 4 N–H and O–H groups in total. The van der Waals surface area contributed by atoms with Gasteiger partial charge in [0.1, 0.15) is 0 Å². The molecule has 3 rings (SSSR count). The molecule has 2 aromatic rings. The Hall–Kier alpha value is -2.13. The first-order valence-corrected chi connectivity index (χ1v) is 10.5. The lowest BCUT2D eigenvalue weighted by molar-refractivity contribution is 0.183. The number of anilines is 1. The van der Waals surface area contributed by atoms with Crippen LogP contribution in [-0.4, -0.2) is 56.9 Å². The predicted octanol–water partition coefficient (Wildman–Crippen LogP) is 2.77. The number of nitrogens with zero attached hydrogens (tertiary/aromatic N) is 3. The number of carbonyl (C=O) groups excluding carboxylic acids is 1. The summed E-state index contributed by atoms with van der Waals surface area (Å²) < 4.78 is 0. The van der Waals surface area contributed by atoms with Crippen LogP contribution in [0, 0.1) is 0 Å². The molecule has 0 aliphatic carbocycles. The second-order valence-electron chi connectivity index (χ2n) is 7.25. The number of halogens is 2. The Bertz CT molecular complexity index is 899. The summed E-state index contributed by atoms with van der Waals surface area (Å²) in [6.45, 7) is 2.59. The van der Waals surface area contributed by atoms with E-state index in [1.54, 1.807) is 29.3 Å². The zero-order chi connectivity index (χ0) is 21.7. The Labute approximate surface area is 185 Å². The number of hydrogen-bond acceptors (Lipinski definition) is 6. The van der Waals surface area contributed by atoms with Gasteiger partial charge in [0, 0.05) is 25.4 Å². The first kappa shape index (κ1) is 22.6. The van der Waals surface area contributed by atoms with Gasteiger partial charge in [0.05, 0.1) is 34.9 Å². The molecule has 2 amide bonds. The van der Waals surface area contributed by atoms with Crippen molar-refractivity contribution in [3.05, 3.63) is 51.3 Å². The molecule has 0 saturated heterocycles. The molecule has 162 valence electrons. The Kier molecular flexibility index (Phi) is 7.71. The maximum absolute atomic E-state index is 12.9. The van der Waals surface area contributed by atoms with Crippen molar-refractivity contribution < 1.29 is 15.0 Å². The summed E-state index contributed by atoms with van der Waals surface area (Å²) in [6.07, 6.45) is 2.76. The van der Waals surface area contributed by atoms with Crippen molar-refractivity contribution >= 4 is 35.2 Å². The minimum atomic E-state index is -0.397. The second kappa shape index (κ2) is 10.3. The van der Waals surface area contributed by atoms with Gasteiger partial charge in [-0.25, -0.2) is 14.8 Å². The van der Waals surface area contributed by atoms with Gasteiger partial charge in [-0.15, -0.1) is 0 Å². The summed E-state index contributed by atoms with van der Waals surface area (Å²) >= 11 is 12.1. The van der Waals surface area contributed by atoms with Crippen molar-refractivity contribution in [2.45, 2.75) is 38.4 Å². The maximum atomic E-state index is 12.9. The minimum Gasteiger partial charge on any atom is -0.396 e. The van der Waals surface area contributed by atoms with E-state index in [0.29, 0.717) is 41.9 Å². The summed E-state index contributed by atoms with van der Waals surface area (Å²) in [5.41, 5.74) is 2.54. The van der Waals surface area contributed by atoms with Crippen molar-refractivity contribution in [3.63, 3.8) is 0 Å². The SMILES string of the molecule is CC(CO)Nc1ncc2c(n1)CN(C(=O)NC(CCO)c1ccc(Cl)c(Cl)c1)CC2. The summed E-state index contributed by atoms with van der Waals surface area (Å²) in [5, 5.41) is 25.4. The highest BCUT2D eigenvalue weighted by atomic mass is 35.5. The van der Waals surface area contributed by atoms with E-state index in [1.165, 1.54) is 0 Å². The molecule has 2 unspecified atom stereocenters. The van der Waals surface area contributed by atoms with E-state index in [9.17, 15) is 15.0 Å². The fourth-order valence-corrected chi connectivity index (χ4v) is 3.54. The van der Waals surface area contributed by atoms with Gasteiger partial charge in [-0.2, -0.15) is 0 Å². The van der Waals surface area contributed by atoms with E-state index in [4.69, 9.17) is 23.2 Å². The summed E-state index contributed by atoms with van der Waals surface area (Å²) in [7, 11) is 0. The fourth-order valence-electron chi connectivity index (χ4n) is 3.23. The number of nitrogens with one attached hydrogen (secondary N) is 2. The Morgan fingerprint density at radius 2 is 2.10 bits per heavy atom. The van der Waals surface area contributed by atoms with Crippen LogP contribution in [0.3, 0.4) is 0 Å². The lowest BCUT2D eigenvalue weighted by Gasteiger charge is -2.30. The molecule has 0 bridgehead atoms. The topological polar surface area (TPSA) is 111 Å². The number of aromatic nitrogens is 2. The number of amides is 2. The van der Waals surface area contributed by atoms with Gasteiger partial charge >= 0.3 is 6.03 Å². The normalized spacial score (nSPS) is 15.3. The van der Waals surface area contributed by atoms with Crippen molar-refractivity contribution in [2.24, 2.45) is 0 Å². The third-order valence-electron chi connectivity index (χ3n) is 4.94. The average Bonchev–Trinajstić information content (AvgIpc) is 2.74. The van der Waals surface area contributed by atoms with Crippen molar-refractivity contribution in [1.82, 2.24) is 20.2 Å². The predicted molar refractivity (Wildman–Crippen MR) is 116 cm³/mol. The molecule has 10 heteroatoms. The summed E-state index contributed by atoms with van der Waals surface area (Å²) in [4.78, 5) is 23.4. The molecule has 1 aliphatic heterocycles. The average molecular weight is 454 g/mol. The number of fused-ring (bicyclic) bond motifs is 1. The molecular weight excluding hydrogens is 429 g/mol. The molecule has 8 nitrogen and oxygen atoms in total. The van der Waals surface area contributed by atoms with Crippen LogP contribution in [0.4, 0.5) is 10.7 Å². The van der Waals surface area contributed by atoms with Crippen LogP contribution in [0.2, 0.25) is 10.0 Å². The number of urea groups is 1. The third kappa shape index (κ3) is 5.51. The quantitative estimate of drug-likeness (QED) is 0.512. The lowest BCUT2D eigenvalue weighted by atomic mass is 10.0. The molecule has 1 aliphatic rings. The number of rotatable bonds is 7. The van der Waals surface area contributed by atoms with Gasteiger partial charge in [-0.3, -0.25) is 0 Å². The van der Waals surface area contributed by atoms with E-state index in [2.05, 4.69) is 20.6 Å². The highest BCUT2D eigenvalue weighted by molar-refractivity contribution is 6.42. The number of benzene rings is 1. The molecule has 1 aromatic carbocycles. The molecule has 0 spiro atoms. The molecule has 2 atom stereocenters. The smallest absolute Gasteiger partial charge is 0.318 e. The maximum Gasteiger partial charge on any atom is 0.318 e. The number of aliphatic hydroxyl groups is 2. The van der Waals surface area contributed by atoms with Gasteiger partial charge in [-0.1, -0.05) is 29.3 Å². The van der Waals surface area contributed by atoms with E-state index < -0.39 is 6.04 Å². The van der Waals surface area contributed by atoms with Gasteiger partial charge < -0.3 is 25.7 Å². The van der Waals surface area contributed by atoms with Crippen LogP contribution >= 0.6 is 23.2 Å². The van der Waals surface area contributed by atoms with Crippen molar-refractivity contribution in [2.75, 3.05) is 25.1 Å². The largest absolute Gasteiger partial charge is 0.396 e. The second-order valence-corrected chi connectivity index (χ2v) is 8.07. The van der Waals surface area contributed by atoms with Crippen LogP contribution in [0.25, 0.3) is 0 Å². The van der Waals surface area contributed by atoms with E-state index in [-0.39, 0.29) is 25.3 Å². The Morgan fingerprint density at radius 1 is 1.30 bits per heavy atom. The zero-order valence-electron chi connectivity index (χ0n) is 16.6. The van der Waals surface area contributed by atoms with E-state index in [0.717, 1.165) is 16.8 Å². The third-order valence-corrected chi connectivity index (χ3v) is 5.68. The van der Waals surface area contributed by atoms with Crippen LogP contribution in [0.5, 0.6) is 0 Å². The zero-order valence-corrected chi connectivity index (χ0v) is 18.1. The van der Waals surface area contributed by atoms with Gasteiger partial charge in [-0.05, 0) is 43.0 Å². The Balaban J connectivity index is 1.70. The summed E-state index contributed by atoms with van der Waals surface area (Å²) in [5.74, 6) is 0.423. The van der Waals surface area contributed by atoms with Crippen LogP contribution in [-0.2, 0) is 13.0 Å².